The van der Waals surface area contributed by atoms with Crippen molar-refractivity contribution in [3.05, 3.63) is 35.9 Å². The molecule has 0 spiro atoms. The van der Waals surface area contributed by atoms with Crippen LogP contribution in [0.4, 0.5) is 0 Å². The lowest BCUT2D eigenvalue weighted by Gasteiger charge is -2.15. The lowest BCUT2D eigenvalue weighted by Crippen LogP contribution is -2.40. The molecule has 1 aromatic carbocycles. The lowest BCUT2D eigenvalue weighted by atomic mass is 10.1. The minimum absolute atomic E-state index is 0.0311. The van der Waals surface area contributed by atoms with Crippen molar-refractivity contribution in [3.8, 4) is 0 Å². The molecule has 0 radical (unpaired) electrons. The molecule has 0 bridgehead atoms. The zero-order chi connectivity index (χ0) is 10.4. The molecule has 0 fully saturated rings. The topological polar surface area (TPSA) is 55.1 Å². The van der Waals surface area contributed by atoms with Gasteiger partial charge < -0.3 is 11.1 Å². The Kier molecular flexibility index (Phi) is 4.13. The van der Waals surface area contributed by atoms with Crippen molar-refractivity contribution in [3.63, 3.8) is 0 Å². The summed E-state index contributed by atoms with van der Waals surface area (Å²) in [6.45, 7) is 1.97. The minimum Gasteiger partial charge on any atom is -0.352 e. The number of benzene rings is 1. The van der Waals surface area contributed by atoms with Gasteiger partial charge in [0.2, 0.25) is 5.91 Å². The van der Waals surface area contributed by atoms with E-state index in [-0.39, 0.29) is 11.9 Å². The number of carbonyl (C=O) groups excluding carboxylic acids is 1. The Balaban J connectivity index is 2.53. The number of amides is 1. The maximum absolute atomic E-state index is 10.8. The highest BCUT2D eigenvalue weighted by Crippen LogP contribution is 2.02. The molecule has 0 aliphatic heterocycles. The van der Waals surface area contributed by atoms with Gasteiger partial charge in [0.25, 0.3) is 0 Å². The van der Waals surface area contributed by atoms with Crippen LogP contribution in [0.5, 0.6) is 0 Å². The van der Waals surface area contributed by atoms with E-state index >= 15 is 0 Å². The fourth-order valence-corrected chi connectivity index (χ4v) is 1.38. The van der Waals surface area contributed by atoms with E-state index in [0.29, 0.717) is 6.54 Å². The SMILES string of the molecule is CC(=O)N[C@H](CN)Cc1ccccc1. The lowest BCUT2D eigenvalue weighted by molar-refractivity contribution is -0.119. The van der Waals surface area contributed by atoms with E-state index in [1.807, 2.05) is 30.3 Å². The maximum atomic E-state index is 10.8. The van der Waals surface area contributed by atoms with E-state index < -0.39 is 0 Å². The van der Waals surface area contributed by atoms with Gasteiger partial charge in [-0.1, -0.05) is 30.3 Å². The third-order valence-electron chi connectivity index (χ3n) is 2.02. The third-order valence-corrected chi connectivity index (χ3v) is 2.02. The minimum atomic E-state index is -0.0311. The molecular formula is C11H16N2O. The van der Waals surface area contributed by atoms with Gasteiger partial charge in [0.05, 0.1) is 0 Å². The summed E-state index contributed by atoms with van der Waals surface area (Å²) in [6.07, 6.45) is 0.789. The normalized spacial score (nSPS) is 12.1. The second kappa shape index (κ2) is 5.40. The summed E-state index contributed by atoms with van der Waals surface area (Å²) < 4.78 is 0. The van der Waals surface area contributed by atoms with Crippen molar-refractivity contribution >= 4 is 5.91 Å². The number of nitrogens with two attached hydrogens (primary N) is 1. The summed E-state index contributed by atoms with van der Waals surface area (Å²) in [4.78, 5) is 10.8. The number of nitrogens with one attached hydrogen (secondary N) is 1. The van der Waals surface area contributed by atoms with Crippen molar-refractivity contribution < 1.29 is 4.79 Å². The Morgan fingerprint density at radius 2 is 2.07 bits per heavy atom. The number of hydrogen-bond donors (Lipinski definition) is 2. The first-order chi connectivity index (χ1) is 6.72. The van der Waals surface area contributed by atoms with Gasteiger partial charge in [-0.05, 0) is 12.0 Å². The molecule has 0 aromatic heterocycles. The van der Waals surface area contributed by atoms with Crippen molar-refractivity contribution in [1.82, 2.24) is 5.32 Å². The molecule has 1 amide bonds. The van der Waals surface area contributed by atoms with Gasteiger partial charge >= 0.3 is 0 Å². The van der Waals surface area contributed by atoms with Gasteiger partial charge in [0, 0.05) is 19.5 Å². The largest absolute Gasteiger partial charge is 0.352 e. The summed E-state index contributed by atoms with van der Waals surface area (Å²) in [5.41, 5.74) is 6.75. The van der Waals surface area contributed by atoms with Crippen molar-refractivity contribution in [2.45, 2.75) is 19.4 Å². The standard InChI is InChI=1S/C11H16N2O/c1-9(14)13-11(8-12)7-10-5-3-2-4-6-10/h2-6,11H,7-8,12H2,1H3,(H,13,14)/t11-/m0/s1. The van der Waals surface area contributed by atoms with E-state index in [9.17, 15) is 4.79 Å². The highest BCUT2D eigenvalue weighted by molar-refractivity contribution is 5.73. The second-order valence-electron chi connectivity index (χ2n) is 3.32. The Labute approximate surface area is 84.3 Å². The fourth-order valence-electron chi connectivity index (χ4n) is 1.38. The van der Waals surface area contributed by atoms with Crippen molar-refractivity contribution in [2.24, 2.45) is 5.73 Å². The predicted octanol–water partition coefficient (Wildman–Crippen LogP) is 0.693. The summed E-state index contributed by atoms with van der Waals surface area (Å²) in [6, 6.07) is 10.0. The molecule has 1 atom stereocenters. The van der Waals surface area contributed by atoms with Gasteiger partial charge in [0.1, 0.15) is 0 Å². The van der Waals surface area contributed by atoms with Crippen molar-refractivity contribution in [2.75, 3.05) is 6.54 Å². The van der Waals surface area contributed by atoms with Crippen LogP contribution in [0.2, 0.25) is 0 Å². The molecule has 0 aliphatic rings. The zero-order valence-electron chi connectivity index (χ0n) is 8.36. The van der Waals surface area contributed by atoms with E-state index in [4.69, 9.17) is 5.73 Å². The molecule has 3 nitrogen and oxygen atoms in total. The quantitative estimate of drug-likeness (QED) is 0.737. The van der Waals surface area contributed by atoms with Crippen LogP contribution in [0.3, 0.4) is 0 Å². The average molecular weight is 192 g/mol. The van der Waals surface area contributed by atoms with E-state index in [1.54, 1.807) is 0 Å². The van der Waals surface area contributed by atoms with Crippen LogP contribution in [0.25, 0.3) is 0 Å². The van der Waals surface area contributed by atoms with E-state index in [2.05, 4.69) is 5.32 Å². The zero-order valence-corrected chi connectivity index (χ0v) is 8.36. The monoisotopic (exact) mass is 192 g/mol. The molecule has 1 rings (SSSR count). The van der Waals surface area contributed by atoms with E-state index in [1.165, 1.54) is 12.5 Å². The molecule has 0 heterocycles. The smallest absolute Gasteiger partial charge is 0.217 e. The van der Waals surface area contributed by atoms with Crippen molar-refractivity contribution in [1.29, 1.82) is 0 Å². The highest BCUT2D eigenvalue weighted by Gasteiger charge is 2.07. The van der Waals surface area contributed by atoms with Crippen LogP contribution < -0.4 is 11.1 Å². The molecule has 76 valence electrons. The average Bonchev–Trinajstić information content (AvgIpc) is 2.17. The Morgan fingerprint density at radius 3 is 2.57 bits per heavy atom. The molecular weight excluding hydrogens is 176 g/mol. The number of rotatable bonds is 4. The molecule has 1 aromatic rings. The van der Waals surface area contributed by atoms with Crippen LogP contribution >= 0.6 is 0 Å². The van der Waals surface area contributed by atoms with E-state index in [0.717, 1.165) is 6.42 Å². The predicted molar refractivity (Wildman–Crippen MR) is 56.8 cm³/mol. The van der Waals surface area contributed by atoms with Gasteiger partial charge in [-0.2, -0.15) is 0 Å². The van der Waals surface area contributed by atoms with Crippen LogP contribution in [-0.2, 0) is 11.2 Å². The summed E-state index contributed by atoms with van der Waals surface area (Å²) >= 11 is 0. The van der Waals surface area contributed by atoms with Gasteiger partial charge in [-0.3, -0.25) is 4.79 Å². The number of carbonyl (C=O) groups is 1. The molecule has 3 heteroatoms. The van der Waals surface area contributed by atoms with Crippen LogP contribution in [0.15, 0.2) is 30.3 Å². The highest BCUT2D eigenvalue weighted by atomic mass is 16.1. The first-order valence-electron chi connectivity index (χ1n) is 4.73. The first-order valence-corrected chi connectivity index (χ1v) is 4.73. The summed E-state index contributed by atoms with van der Waals surface area (Å²) in [7, 11) is 0. The fraction of sp³-hybridized carbons (Fsp3) is 0.364. The van der Waals surface area contributed by atoms with Crippen LogP contribution in [0.1, 0.15) is 12.5 Å². The Bertz CT molecular complexity index is 285. The molecule has 0 saturated heterocycles. The van der Waals surface area contributed by atoms with Gasteiger partial charge in [-0.15, -0.1) is 0 Å². The maximum Gasteiger partial charge on any atom is 0.217 e. The molecule has 14 heavy (non-hydrogen) atoms. The molecule has 3 N–H and O–H groups in total. The second-order valence-corrected chi connectivity index (χ2v) is 3.32. The molecule has 0 saturated carbocycles. The summed E-state index contributed by atoms with van der Waals surface area (Å²) in [5, 5.41) is 2.81. The van der Waals surface area contributed by atoms with Crippen LogP contribution in [-0.4, -0.2) is 18.5 Å². The first kappa shape index (κ1) is 10.7. The Hall–Kier alpha value is -1.35. The Morgan fingerprint density at radius 1 is 1.43 bits per heavy atom. The molecule has 0 unspecified atom stereocenters. The molecule has 0 aliphatic carbocycles. The third kappa shape index (κ3) is 3.58. The van der Waals surface area contributed by atoms with Crippen LogP contribution in [0, 0.1) is 0 Å². The number of hydrogen-bond acceptors (Lipinski definition) is 2. The van der Waals surface area contributed by atoms with Gasteiger partial charge in [-0.25, -0.2) is 0 Å². The van der Waals surface area contributed by atoms with Gasteiger partial charge in [0.15, 0.2) is 0 Å². The summed E-state index contributed by atoms with van der Waals surface area (Å²) in [5.74, 6) is -0.0311.